The third-order valence-electron chi connectivity index (χ3n) is 4.10. The zero-order valence-corrected chi connectivity index (χ0v) is 13.0. The molecule has 1 fully saturated rings. The Kier molecular flexibility index (Phi) is 5.39. The van der Waals surface area contributed by atoms with Crippen LogP contribution in [0.4, 0.5) is 0 Å². The van der Waals surface area contributed by atoms with Crippen LogP contribution in [0.1, 0.15) is 45.2 Å². The maximum atomic E-state index is 6.42. The van der Waals surface area contributed by atoms with Gasteiger partial charge in [-0.1, -0.05) is 13.8 Å². The minimum absolute atomic E-state index is 0.189. The fourth-order valence-electron chi connectivity index (χ4n) is 2.91. The Morgan fingerprint density at radius 2 is 2.32 bits per heavy atom. The molecule has 1 aromatic rings. The predicted octanol–water partition coefficient (Wildman–Crippen LogP) is 3.03. The second-order valence-electron chi connectivity index (χ2n) is 5.48. The quantitative estimate of drug-likeness (QED) is 0.902. The number of rotatable bonds is 5. The predicted molar refractivity (Wildman–Crippen MR) is 81.5 cm³/mol. The lowest BCUT2D eigenvalue weighted by molar-refractivity contribution is -0.0771. The summed E-state index contributed by atoms with van der Waals surface area (Å²) in [4.78, 5) is 2.57. The highest BCUT2D eigenvalue weighted by molar-refractivity contribution is 7.07. The van der Waals surface area contributed by atoms with Gasteiger partial charge in [-0.2, -0.15) is 11.3 Å². The molecule has 2 heterocycles. The highest BCUT2D eigenvalue weighted by Gasteiger charge is 2.34. The Balaban J connectivity index is 2.25. The molecule has 4 unspecified atom stereocenters. The summed E-state index contributed by atoms with van der Waals surface area (Å²) in [5.41, 5.74) is 7.79. The zero-order chi connectivity index (χ0) is 13.8. The largest absolute Gasteiger partial charge is 0.376 e. The molecule has 0 saturated carbocycles. The van der Waals surface area contributed by atoms with Crippen molar-refractivity contribution in [1.82, 2.24) is 4.90 Å². The van der Waals surface area contributed by atoms with Crippen molar-refractivity contribution < 1.29 is 4.74 Å². The fourth-order valence-corrected chi connectivity index (χ4v) is 3.60. The summed E-state index contributed by atoms with van der Waals surface area (Å²) in [5.74, 6) is 0. The van der Waals surface area contributed by atoms with Crippen LogP contribution < -0.4 is 5.73 Å². The van der Waals surface area contributed by atoms with Gasteiger partial charge >= 0.3 is 0 Å². The van der Waals surface area contributed by atoms with Crippen molar-refractivity contribution in [3.63, 3.8) is 0 Å². The summed E-state index contributed by atoms with van der Waals surface area (Å²) in [6, 6.07) is 3.22. The molecular formula is C15H26N2OS. The first kappa shape index (κ1) is 15.0. The van der Waals surface area contributed by atoms with Crippen LogP contribution in [0, 0.1) is 0 Å². The Morgan fingerprint density at radius 1 is 1.53 bits per heavy atom. The van der Waals surface area contributed by atoms with Crippen molar-refractivity contribution in [1.29, 1.82) is 0 Å². The Bertz CT molecular complexity index is 368. The van der Waals surface area contributed by atoms with Crippen LogP contribution in [0.15, 0.2) is 16.8 Å². The second kappa shape index (κ2) is 6.84. The minimum atomic E-state index is 0.189. The molecule has 4 heteroatoms. The Labute approximate surface area is 120 Å². The summed E-state index contributed by atoms with van der Waals surface area (Å²) < 4.78 is 5.81. The van der Waals surface area contributed by atoms with E-state index in [1.807, 2.05) is 0 Å². The fraction of sp³-hybridized carbons (Fsp3) is 0.733. The molecule has 0 amide bonds. The summed E-state index contributed by atoms with van der Waals surface area (Å²) in [6.07, 6.45) is 2.42. The van der Waals surface area contributed by atoms with Crippen molar-refractivity contribution in [2.24, 2.45) is 5.73 Å². The standard InChI is InChI=1S/C15H26N2OS/c1-4-13-9-18-11(3)8-17(13)15(14(16)5-2)12-6-7-19-10-12/h6-7,10-11,13-15H,4-5,8-9,16H2,1-3H3. The maximum absolute atomic E-state index is 6.42. The maximum Gasteiger partial charge on any atom is 0.0675 e. The first-order valence-electron chi connectivity index (χ1n) is 7.32. The summed E-state index contributed by atoms with van der Waals surface area (Å²) >= 11 is 1.76. The molecule has 19 heavy (non-hydrogen) atoms. The first-order valence-corrected chi connectivity index (χ1v) is 8.26. The number of morpholine rings is 1. The molecule has 0 radical (unpaired) electrons. The lowest BCUT2D eigenvalue weighted by Gasteiger charge is -2.45. The number of nitrogens with two attached hydrogens (primary N) is 1. The molecule has 2 N–H and O–H groups in total. The SMILES string of the molecule is CCC(N)C(c1ccsc1)N1CC(C)OCC1CC. The molecule has 1 aliphatic heterocycles. The molecule has 0 aromatic carbocycles. The molecule has 0 aliphatic carbocycles. The summed E-state index contributed by atoms with van der Waals surface area (Å²) in [7, 11) is 0. The average Bonchev–Trinajstić information content (AvgIpc) is 2.93. The molecule has 3 nitrogen and oxygen atoms in total. The van der Waals surface area contributed by atoms with E-state index in [9.17, 15) is 0 Å². The van der Waals surface area contributed by atoms with E-state index >= 15 is 0 Å². The Hall–Kier alpha value is -0.420. The number of hydrogen-bond acceptors (Lipinski definition) is 4. The van der Waals surface area contributed by atoms with Gasteiger partial charge in [0.2, 0.25) is 0 Å². The van der Waals surface area contributed by atoms with Crippen molar-refractivity contribution in [2.45, 2.75) is 57.8 Å². The van der Waals surface area contributed by atoms with Gasteiger partial charge in [-0.05, 0) is 42.2 Å². The van der Waals surface area contributed by atoms with Gasteiger partial charge in [-0.15, -0.1) is 0 Å². The van der Waals surface area contributed by atoms with Crippen molar-refractivity contribution in [3.8, 4) is 0 Å². The van der Waals surface area contributed by atoms with E-state index in [4.69, 9.17) is 10.5 Å². The van der Waals surface area contributed by atoms with E-state index in [2.05, 4.69) is 42.5 Å². The van der Waals surface area contributed by atoms with Gasteiger partial charge in [0.05, 0.1) is 18.8 Å². The zero-order valence-electron chi connectivity index (χ0n) is 12.2. The van der Waals surface area contributed by atoms with Crippen LogP contribution in [-0.4, -0.2) is 36.2 Å². The second-order valence-corrected chi connectivity index (χ2v) is 6.26. The van der Waals surface area contributed by atoms with Crippen LogP contribution in [0.25, 0.3) is 0 Å². The van der Waals surface area contributed by atoms with E-state index in [1.54, 1.807) is 11.3 Å². The average molecular weight is 282 g/mol. The number of thiophene rings is 1. The lowest BCUT2D eigenvalue weighted by Crippen LogP contribution is -2.53. The molecule has 0 bridgehead atoms. The molecule has 1 aliphatic rings. The van der Waals surface area contributed by atoms with Gasteiger partial charge in [0, 0.05) is 18.6 Å². The molecule has 1 saturated heterocycles. The molecule has 2 rings (SSSR count). The van der Waals surface area contributed by atoms with Crippen molar-refractivity contribution >= 4 is 11.3 Å². The third-order valence-corrected chi connectivity index (χ3v) is 4.80. The van der Waals surface area contributed by atoms with Crippen LogP contribution >= 0.6 is 11.3 Å². The van der Waals surface area contributed by atoms with Crippen molar-refractivity contribution in [3.05, 3.63) is 22.4 Å². The van der Waals surface area contributed by atoms with E-state index in [1.165, 1.54) is 5.56 Å². The van der Waals surface area contributed by atoms with E-state index in [-0.39, 0.29) is 6.04 Å². The third kappa shape index (κ3) is 3.37. The lowest BCUT2D eigenvalue weighted by atomic mass is 9.95. The van der Waals surface area contributed by atoms with E-state index in [0.717, 1.165) is 26.0 Å². The van der Waals surface area contributed by atoms with Crippen molar-refractivity contribution in [2.75, 3.05) is 13.2 Å². The highest BCUT2D eigenvalue weighted by Crippen LogP contribution is 2.31. The molecule has 4 atom stereocenters. The highest BCUT2D eigenvalue weighted by atomic mass is 32.1. The normalized spacial score (nSPS) is 28.2. The number of ether oxygens (including phenoxy) is 1. The van der Waals surface area contributed by atoms with Gasteiger partial charge in [0.1, 0.15) is 0 Å². The smallest absolute Gasteiger partial charge is 0.0675 e. The van der Waals surface area contributed by atoms with Crippen LogP contribution in [0.3, 0.4) is 0 Å². The van der Waals surface area contributed by atoms with Gasteiger partial charge in [0.15, 0.2) is 0 Å². The number of nitrogens with zero attached hydrogens (tertiary/aromatic N) is 1. The summed E-state index contributed by atoms with van der Waals surface area (Å²) in [6.45, 7) is 8.37. The van der Waals surface area contributed by atoms with Gasteiger partial charge < -0.3 is 10.5 Å². The molecule has 1 aromatic heterocycles. The van der Waals surface area contributed by atoms with Crippen LogP contribution in [0.5, 0.6) is 0 Å². The van der Waals surface area contributed by atoms with E-state index < -0.39 is 0 Å². The Morgan fingerprint density at radius 3 is 2.89 bits per heavy atom. The molecular weight excluding hydrogens is 256 g/mol. The van der Waals surface area contributed by atoms with E-state index in [0.29, 0.717) is 18.2 Å². The van der Waals surface area contributed by atoms with Crippen LogP contribution in [0.2, 0.25) is 0 Å². The minimum Gasteiger partial charge on any atom is -0.376 e. The molecule has 108 valence electrons. The monoisotopic (exact) mass is 282 g/mol. The van der Waals surface area contributed by atoms with Gasteiger partial charge in [-0.25, -0.2) is 0 Å². The molecule has 0 spiro atoms. The van der Waals surface area contributed by atoms with Gasteiger partial charge in [0.25, 0.3) is 0 Å². The van der Waals surface area contributed by atoms with Gasteiger partial charge in [-0.3, -0.25) is 4.90 Å². The summed E-state index contributed by atoms with van der Waals surface area (Å²) in [5, 5.41) is 4.39. The van der Waals surface area contributed by atoms with Crippen LogP contribution in [-0.2, 0) is 4.74 Å². The number of hydrogen-bond donors (Lipinski definition) is 1. The first-order chi connectivity index (χ1) is 9.17. The topological polar surface area (TPSA) is 38.5 Å².